The van der Waals surface area contributed by atoms with Crippen LogP contribution in [0.25, 0.3) is 6.08 Å². The highest BCUT2D eigenvalue weighted by atomic mass is 16.3. The fourth-order valence-corrected chi connectivity index (χ4v) is 2.71. The topological polar surface area (TPSA) is 62.6 Å². The van der Waals surface area contributed by atoms with Crippen molar-refractivity contribution in [2.45, 2.75) is 32.2 Å². The predicted molar refractivity (Wildman–Crippen MR) is 78.4 cm³/mol. The van der Waals surface area contributed by atoms with Crippen molar-refractivity contribution < 1.29 is 14.0 Å². The van der Waals surface area contributed by atoms with Crippen molar-refractivity contribution in [3.05, 3.63) is 29.7 Å². The quantitative estimate of drug-likeness (QED) is 0.862. The van der Waals surface area contributed by atoms with Gasteiger partial charge in [-0.25, -0.2) is 0 Å². The van der Waals surface area contributed by atoms with E-state index in [2.05, 4.69) is 12.2 Å². The minimum atomic E-state index is -0.421. The summed E-state index contributed by atoms with van der Waals surface area (Å²) in [6.45, 7) is 4.99. The van der Waals surface area contributed by atoms with E-state index >= 15 is 0 Å². The average molecular weight is 288 g/mol. The Morgan fingerprint density at radius 2 is 2.19 bits per heavy atom. The number of hydrogen-bond donors (Lipinski definition) is 1. The third kappa shape index (κ3) is 2.86. The summed E-state index contributed by atoms with van der Waals surface area (Å²) in [7, 11) is 0. The Morgan fingerprint density at radius 1 is 1.43 bits per heavy atom. The van der Waals surface area contributed by atoms with Crippen LogP contribution >= 0.6 is 0 Å². The van der Waals surface area contributed by atoms with Crippen LogP contribution in [0.2, 0.25) is 0 Å². The van der Waals surface area contributed by atoms with Crippen LogP contribution in [0.4, 0.5) is 0 Å². The molecule has 0 bridgehead atoms. The van der Waals surface area contributed by atoms with E-state index in [1.807, 2.05) is 12.1 Å². The highest BCUT2D eigenvalue weighted by Gasteiger charge is 2.36. The number of piperazine rings is 1. The molecule has 1 aromatic rings. The highest BCUT2D eigenvalue weighted by Crippen LogP contribution is 2.47. The lowest BCUT2D eigenvalue weighted by atomic mass is 10.2. The van der Waals surface area contributed by atoms with E-state index < -0.39 is 6.04 Å². The molecule has 1 aliphatic carbocycles. The molecule has 5 heteroatoms. The Morgan fingerprint density at radius 3 is 2.90 bits per heavy atom. The van der Waals surface area contributed by atoms with Gasteiger partial charge in [-0.05, 0) is 37.5 Å². The molecule has 3 unspecified atom stereocenters. The number of carbonyl (C=O) groups is 2. The number of rotatable bonds is 3. The lowest BCUT2D eigenvalue weighted by molar-refractivity contribution is -0.139. The van der Waals surface area contributed by atoms with E-state index in [4.69, 9.17) is 4.42 Å². The molecule has 1 saturated heterocycles. The number of nitrogens with zero attached hydrogens (tertiary/aromatic N) is 1. The van der Waals surface area contributed by atoms with Crippen LogP contribution in [0.15, 0.2) is 22.6 Å². The van der Waals surface area contributed by atoms with Gasteiger partial charge in [0, 0.05) is 25.1 Å². The maximum absolute atomic E-state index is 12.1. The van der Waals surface area contributed by atoms with Crippen LogP contribution in [-0.2, 0) is 9.59 Å². The first-order chi connectivity index (χ1) is 10.1. The third-order valence-electron chi connectivity index (χ3n) is 4.29. The molecule has 0 radical (unpaired) electrons. The van der Waals surface area contributed by atoms with Gasteiger partial charge in [0.2, 0.25) is 11.8 Å². The van der Waals surface area contributed by atoms with Crippen molar-refractivity contribution in [1.82, 2.24) is 10.2 Å². The minimum absolute atomic E-state index is 0.106. The monoisotopic (exact) mass is 288 g/mol. The molecular weight excluding hydrogens is 268 g/mol. The molecule has 1 aliphatic heterocycles. The molecule has 0 spiro atoms. The van der Waals surface area contributed by atoms with Gasteiger partial charge < -0.3 is 14.6 Å². The zero-order valence-corrected chi connectivity index (χ0v) is 12.3. The molecule has 112 valence electrons. The molecule has 2 fully saturated rings. The Bertz CT molecular complexity index is 590. The molecule has 3 rings (SSSR count). The van der Waals surface area contributed by atoms with E-state index in [0.717, 1.165) is 5.76 Å². The fourth-order valence-electron chi connectivity index (χ4n) is 2.71. The minimum Gasteiger partial charge on any atom is -0.461 e. The van der Waals surface area contributed by atoms with Gasteiger partial charge in [-0.2, -0.15) is 0 Å². The molecule has 3 atom stereocenters. The summed E-state index contributed by atoms with van der Waals surface area (Å²) in [6.07, 6.45) is 4.34. The molecule has 2 amide bonds. The molecule has 5 nitrogen and oxygen atoms in total. The summed E-state index contributed by atoms with van der Waals surface area (Å²) in [6, 6.07) is 3.45. The van der Waals surface area contributed by atoms with Gasteiger partial charge in [-0.1, -0.05) is 6.92 Å². The normalized spacial score (nSPS) is 28.8. The number of carbonyl (C=O) groups excluding carboxylic acids is 2. The maximum atomic E-state index is 12.1. The molecule has 1 N–H and O–H groups in total. The van der Waals surface area contributed by atoms with Crippen molar-refractivity contribution in [1.29, 1.82) is 0 Å². The second-order valence-corrected chi connectivity index (χ2v) is 5.89. The fraction of sp³-hybridized carbons (Fsp3) is 0.500. The van der Waals surface area contributed by atoms with Crippen LogP contribution in [-0.4, -0.2) is 35.8 Å². The zero-order valence-electron chi connectivity index (χ0n) is 12.3. The largest absolute Gasteiger partial charge is 0.461 e. The first kappa shape index (κ1) is 13.9. The SMILES string of the molecule is CC1CC1c1ccc(/C=C/C(=O)N2CCNC(=O)C2C)o1. The summed E-state index contributed by atoms with van der Waals surface area (Å²) in [5.74, 6) is 2.66. The van der Waals surface area contributed by atoms with Gasteiger partial charge >= 0.3 is 0 Å². The van der Waals surface area contributed by atoms with Gasteiger partial charge in [-0.15, -0.1) is 0 Å². The van der Waals surface area contributed by atoms with Gasteiger partial charge in [0.05, 0.1) is 0 Å². The molecule has 0 aromatic carbocycles. The second-order valence-electron chi connectivity index (χ2n) is 5.89. The Hall–Kier alpha value is -2.04. The molecule has 1 saturated carbocycles. The summed E-state index contributed by atoms with van der Waals surface area (Å²) < 4.78 is 5.73. The van der Waals surface area contributed by atoms with Crippen LogP contribution in [0, 0.1) is 5.92 Å². The lowest BCUT2D eigenvalue weighted by Crippen LogP contribution is -2.55. The van der Waals surface area contributed by atoms with Crippen molar-refractivity contribution in [3.63, 3.8) is 0 Å². The summed E-state index contributed by atoms with van der Waals surface area (Å²) >= 11 is 0. The van der Waals surface area contributed by atoms with Crippen LogP contribution in [0.3, 0.4) is 0 Å². The van der Waals surface area contributed by atoms with E-state index in [0.29, 0.717) is 30.7 Å². The van der Waals surface area contributed by atoms with Gasteiger partial charge in [-0.3, -0.25) is 9.59 Å². The van der Waals surface area contributed by atoms with Crippen LogP contribution in [0.1, 0.15) is 37.7 Å². The number of amides is 2. The summed E-state index contributed by atoms with van der Waals surface area (Å²) in [4.78, 5) is 25.3. The Balaban J connectivity index is 1.63. The Kier molecular flexibility index (Phi) is 3.57. The zero-order chi connectivity index (χ0) is 15.0. The first-order valence-electron chi connectivity index (χ1n) is 7.42. The number of hydrogen-bond acceptors (Lipinski definition) is 3. The second kappa shape index (κ2) is 5.39. The number of furan rings is 1. The van der Waals surface area contributed by atoms with Crippen molar-refractivity contribution in [2.75, 3.05) is 13.1 Å². The Labute approximate surface area is 124 Å². The first-order valence-corrected chi connectivity index (χ1v) is 7.42. The maximum Gasteiger partial charge on any atom is 0.247 e. The van der Waals surface area contributed by atoms with E-state index in [1.165, 1.54) is 12.5 Å². The third-order valence-corrected chi connectivity index (χ3v) is 4.29. The van der Waals surface area contributed by atoms with Crippen molar-refractivity contribution >= 4 is 17.9 Å². The molecule has 2 heterocycles. The predicted octanol–water partition coefficient (Wildman–Crippen LogP) is 1.76. The van der Waals surface area contributed by atoms with Crippen LogP contribution < -0.4 is 5.32 Å². The van der Waals surface area contributed by atoms with Crippen molar-refractivity contribution in [3.8, 4) is 0 Å². The smallest absolute Gasteiger partial charge is 0.247 e. The van der Waals surface area contributed by atoms with E-state index in [9.17, 15) is 9.59 Å². The highest BCUT2D eigenvalue weighted by molar-refractivity contribution is 5.95. The summed E-state index contributed by atoms with van der Waals surface area (Å²) in [5.41, 5.74) is 0. The van der Waals surface area contributed by atoms with Gasteiger partial charge in [0.1, 0.15) is 17.6 Å². The van der Waals surface area contributed by atoms with Gasteiger partial charge in [0.25, 0.3) is 0 Å². The van der Waals surface area contributed by atoms with Crippen LogP contribution in [0.5, 0.6) is 0 Å². The average Bonchev–Trinajstić information content (AvgIpc) is 3.01. The van der Waals surface area contributed by atoms with E-state index in [1.54, 1.807) is 17.9 Å². The molecule has 2 aliphatic rings. The van der Waals surface area contributed by atoms with Crippen molar-refractivity contribution in [2.24, 2.45) is 5.92 Å². The molecular formula is C16H20N2O3. The molecule has 21 heavy (non-hydrogen) atoms. The molecule has 1 aromatic heterocycles. The lowest BCUT2D eigenvalue weighted by Gasteiger charge is -2.31. The summed E-state index contributed by atoms with van der Waals surface area (Å²) in [5, 5.41) is 2.74. The van der Waals surface area contributed by atoms with E-state index in [-0.39, 0.29) is 11.8 Å². The standard InChI is InChI=1S/C16H20N2O3/c1-10-9-13(10)14-5-3-12(21-14)4-6-15(19)18-8-7-17-16(20)11(18)2/h3-6,10-11,13H,7-9H2,1-2H3,(H,17,20)/b6-4+. The van der Waals surface area contributed by atoms with Gasteiger partial charge in [0.15, 0.2) is 0 Å². The number of nitrogens with one attached hydrogen (secondary N) is 1.